The molecule has 0 saturated heterocycles. The van der Waals surface area contributed by atoms with E-state index in [0.717, 1.165) is 12.1 Å². The average Bonchev–Trinajstić information content (AvgIpc) is 2.76. The normalized spacial score (nSPS) is 13.1. The number of carbonyl (C=O) groups excluding carboxylic acids is 2. The number of hydrogen-bond acceptors (Lipinski definition) is 3. The van der Waals surface area contributed by atoms with E-state index in [0.29, 0.717) is 17.1 Å². The summed E-state index contributed by atoms with van der Waals surface area (Å²) in [7, 11) is 0. The fraction of sp³-hybridized carbons (Fsp3) is 0.333. The third-order valence-electron chi connectivity index (χ3n) is 4.66. The molecule has 4 amide bonds. The number of urea groups is 2. The number of benzene rings is 2. The Bertz CT molecular complexity index is 1070. The van der Waals surface area contributed by atoms with Crippen LogP contribution in [0.25, 0.3) is 0 Å². The number of amides is 4. The quantitative estimate of drug-likeness (QED) is 0.270. The Morgan fingerprint density at radius 3 is 1.70 bits per heavy atom. The summed E-state index contributed by atoms with van der Waals surface area (Å²) in [6, 6.07) is 0.822. The summed E-state index contributed by atoms with van der Waals surface area (Å²) in [5, 5.41) is 14.2. The molecular weight excluding hydrogens is 527 g/mol. The van der Waals surface area contributed by atoms with Gasteiger partial charge in [-0.3, -0.25) is 0 Å². The Morgan fingerprint density at radius 1 is 0.784 bits per heavy atom. The number of anilines is 2. The summed E-state index contributed by atoms with van der Waals surface area (Å²) >= 11 is 0. The molecule has 1 unspecified atom stereocenters. The van der Waals surface area contributed by atoms with Gasteiger partial charge in [0.2, 0.25) is 0 Å². The van der Waals surface area contributed by atoms with Gasteiger partial charge in [0.1, 0.15) is 0 Å². The molecule has 0 saturated carbocycles. The highest BCUT2D eigenvalue weighted by molar-refractivity contribution is 5.94. The highest BCUT2D eigenvalue weighted by atomic mass is 19.4. The molecular formula is C21H19F9N4O3. The number of halogens is 9. The molecule has 204 valence electrons. The van der Waals surface area contributed by atoms with E-state index in [4.69, 9.17) is 0 Å². The van der Waals surface area contributed by atoms with Crippen molar-refractivity contribution in [3.05, 3.63) is 59.2 Å². The van der Waals surface area contributed by atoms with Crippen LogP contribution in [0, 0.1) is 0 Å². The van der Waals surface area contributed by atoms with Gasteiger partial charge in [-0.05, 0) is 48.9 Å². The lowest BCUT2D eigenvalue weighted by molar-refractivity contribution is -0.143. The fourth-order valence-electron chi connectivity index (χ4n) is 2.76. The third kappa shape index (κ3) is 8.73. The highest BCUT2D eigenvalue weighted by Crippen LogP contribution is 2.37. The maximum Gasteiger partial charge on any atom is 0.416 e. The average molecular weight is 546 g/mol. The van der Waals surface area contributed by atoms with Crippen molar-refractivity contribution in [2.24, 2.45) is 0 Å². The van der Waals surface area contributed by atoms with Crippen LogP contribution in [0.15, 0.2) is 42.5 Å². The van der Waals surface area contributed by atoms with Crippen molar-refractivity contribution < 1.29 is 54.2 Å². The van der Waals surface area contributed by atoms with Crippen LogP contribution in [0.3, 0.4) is 0 Å². The number of hydrazine groups is 1. The second-order valence-electron chi connectivity index (χ2n) is 7.54. The second kappa shape index (κ2) is 11.1. The number of nitrogens with one attached hydrogen (secondary N) is 3. The lowest BCUT2D eigenvalue weighted by Gasteiger charge is -2.26. The molecule has 0 aliphatic rings. The van der Waals surface area contributed by atoms with Gasteiger partial charge in [0.05, 0.1) is 29.3 Å². The van der Waals surface area contributed by atoms with Crippen molar-refractivity contribution in [2.45, 2.75) is 38.0 Å². The zero-order valence-electron chi connectivity index (χ0n) is 18.6. The lowest BCUT2D eigenvalue weighted by atomic mass is 10.1. The monoisotopic (exact) mass is 546 g/mol. The highest BCUT2D eigenvalue weighted by Gasteiger charge is 2.37. The Hall–Kier alpha value is -3.69. The van der Waals surface area contributed by atoms with Crippen molar-refractivity contribution in [1.82, 2.24) is 10.4 Å². The lowest BCUT2D eigenvalue weighted by Crippen LogP contribution is -2.52. The standard InChI is InChI=1S/C21H19F9N4O3/c1-2-16(35)10-34(18(37)32-14-5-3-11(4-6-14)19(22,23)24)33-17(36)31-15-8-12(20(25,26)27)7-13(9-15)21(28,29)30/h3-9,16,35H,2,10H2,1H3,(H,32,37)(H2,31,33,36). The first-order valence-corrected chi connectivity index (χ1v) is 10.2. The van der Waals surface area contributed by atoms with E-state index < -0.39 is 65.6 Å². The second-order valence-corrected chi connectivity index (χ2v) is 7.54. The van der Waals surface area contributed by atoms with E-state index in [1.165, 1.54) is 6.92 Å². The van der Waals surface area contributed by atoms with Crippen molar-refractivity contribution in [3.63, 3.8) is 0 Å². The predicted octanol–water partition coefficient (Wildman–Crippen LogP) is 6.08. The van der Waals surface area contributed by atoms with Crippen molar-refractivity contribution >= 4 is 23.4 Å². The third-order valence-corrected chi connectivity index (χ3v) is 4.66. The minimum absolute atomic E-state index is 0.0654. The van der Waals surface area contributed by atoms with Crippen molar-refractivity contribution in [2.75, 3.05) is 17.2 Å². The van der Waals surface area contributed by atoms with Gasteiger partial charge in [-0.25, -0.2) is 20.0 Å². The number of rotatable bonds is 5. The molecule has 0 aliphatic heterocycles. The van der Waals surface area contributed by atoms with Crippen LogP contribution in [-0.4, -0.2) is 34.8 Å². The Morgan fingerprint density at radius 2 is 1.27 bits per heavy atom. The number of hydrogen-bond donors (Lipinski definition) is 4. The molecule has 2 rings (SSSR count). The van der Waals surface area contributed by atoms with Gasteiger partial charge in [0.25, 0.3) is 0 Å². The van der Waals surface area contributed by atoms with Gasteiger partial charge in [0, 0.05) is 11.4 Å². The molecule has 0 spiro atoms. The SMILES string of the molecule is CCC(O)CN(NC(=O)Nc1cc(C(F)(F)F)cc(C(F)(F)F)c1)C(=O)Nc1ccc(C(F)(F)F)cc1. The Kier molecular flexibility index (Phi) is 8.90. The number of carbonyl (C=O) groups is 2. The van der Waals surface area contributed by atoms with E-state index in [2.05, 4.69) is 5.32 Å². The van der Waals surface area contributed by atoms with Crippen LogP contribution in [0.2, 0.25) is 0 Å². The molecule has 1 atom stereocenters. The summed E-state index contributed by atoms with van der Waals surface area (Å²) in [6.07, 6.45) is -16.2. The summed E-state index contributed by atoms with van der Waals surface area (Å²) < 4.78 is 116. The molecule has 2 aromatic carbocycles. The van der Waals surface area contributed by atoms with Crippen LogP contribution in [-0.2, 0) is 18.5 Å². The van der Waals surface area contributed by atoms with Crippen LogP contribution in [0.1, 0.15) is 30.0 Å². The zero-order valence-corrected chi connectivity index (χ0v) is 18.6. The molecule has 4 N–H and O–H groups in total. The summed E-state index contributed by atoms with van der Waals surface area (Å²) in [5.74, 6) is 0. The van der Waals surface area contributed by atoms with Gasteiger partial charge in [0.15, 0.2) is 0 Å². The first-order chi connectivity index (χ1) is 16.9. The minimum atomic E-state index is -5.17. The zero-order chi connectivity index (χ0) is 28.2. The minimum Gasteiger partial charge on any atom is -0.391 e. The molecule has 0 bridgehead atoms. The van der Waals surface area contributed by atoms with E-state index in [1.807, 2.05) is 5.43 Å². The fourth-order valence-corrected chi connectivity index (χ4v) is 2.76. The van der Waals surface area contributed by atoms with Crippen LogP contribution in [0.4, 0.5) is 60.5 Å². The van der Waals surface area contributed by atoms with Gasteiger partial charge in [-0.2, -0.15) is 39.5 Å². The largest absolute Gasteiger partial charge is 0.416 e. The first-order valence-electron chi connectivity index (χ1n) is 10.2. The topological polar surface area (TPSA) is 93.7 Å². The van der Waals surface area contributed by atoms with Crippen LogP contribution < -0.4 is 16.1 Å². The van der Waals surface area contributed by atoms with Gasteiger partial charge < -0.3 is 15.7 Å². The van der Waals surface area contributed by atoms with E-state index in [1.54, 1.807) is 5.32 Å². The van der Waals surface area contributed by atoms with E-state index >= 15 is 0 Å². The van der Waals surface area contributed by atoms with Crippen molar-refractivity contribution in [3.8, 4) is 0 Å². The van der Waals surface area contributed by atoms with Crippen LogP contribution >= 0.6 is 0 Å². The predicted molar refractivity (Wildman–Crippen MR) is 112 cm³/mol. The molecule has 0 fully saturated rings. The van der Waals surface area contributed by atoms with Gasteiger partial charge in [-0.1, -0.05) is 6.92 Å². The van der Waals surface area contributed by atoms with Gasteiger partial charge >= 0.3 is 30.6 Å². The van der Waals surface area contributed by atoms with Crippen molar-refractivity contribution in [1.29, 1.82) is 0 Å². The molecule has 16 heteroatoms. The molecule has 0 heterocycles. The van der Waals surface area contributed by atoms with E-state index in [-0.39, 0.29) is 30.3 Å². The summed E-state index contributed by atoms with van der Waals surface area (Å²) in [4.78, 5) is 24.9. The maximum atomic E-state index is 13.0. The summed E-state index contributed by atoms with van der Waals surface area (Å²) in [6.45, 7) is 0.908. The van der Waals surface area contributed by atoms with Crippen LogP contribution in [0.5, 0.6) is 0 Å². The summed E-state index contributed by atoms with van der Waals surface area (Å²) in [5.41, 5.74) is -3.59. The number of aliphatic hydroxyl groups is 1. The number of nitrogens with zero attached hydrogens (tertiary/aromatic N) is 1. The molecule has 0 aromatic heterocycles. The molecule has 0 aliphatic carbocycles. The molecule has 37 heavy (non-hydrogen) atoms. The molecule has 2 aromatic rings. The van der Waals surface area contributed by atoms with E-state index in [9.17, 15) is 54.2 Å². The molecule has 7 nitrogen and oxygen atoms in total. The van der Waals surface area contributed by atoms with Gasteiger partial charge in [-0.15, -0.1) is 0 Å². The maximum absolute atomic E-state index is 13.0. The molecule has 0 radical (unpaired) electrons. The number of aliphatic hydroxyl groups excluding tert-OH is 1. The number of alkyl halides is 9. The smallest absolute Gasteiger partial charge is 0.391 e. The Balaban J connectivity index is 2.23. The Labute approximate surface area is 203 Å². The first kappa shape index (κ1) is 29.5.